The predicted octanol–water partition coefficient (Wildman–Crippen LogP) is 1.42. The van der Waals surface area contributed by atoms with Gasteiger partial charge in [-0.1, -0.05) is 25.1 Å². The number of rotatable bonds is 6. The smallest absolute Gasteiger partial charge is 0.231 e. The van der Waals surface area contributed by atoms with E-state index in [9.17, 15) is 9.59 Å². The Kier molecular flexibility index (Phi) is 3.97. The zero-order chi connectivity index (χ0) is 13.8. The van der Waals surface area contributed by atoms with Crippen LogP contribution in [0.15, 0.2) is 34.9 Å². The Morgan fingerprint density at radius 3 is 2.68 bits per heavy atom. The molecule has 0 atom stereocenters. The number of fused-ring (bicyclic) bond motifs is 1. The molecule has 2 N–H and O–H groups in total. The lowest BCUT2D eigenvalue weighted by molar-refractivity contribution is -0.118. The average Bonchev–Trinajstić information content (AvgIpc) is 2.81. The van der Waals surface area contributed by atoms with Crippen LogP contribution < -0.4 is 5.73 Å². The van der Waals surface area contributed by atoms with Gasteiger partial charge < -0.3 is 10.2 Å². The van der Waals surface area contributed by atoms with Crippen molar-refractivity contribution in [3.63, 3.8) is 0 Å². The minimum absolute atomic E-state index is 0.0759. The van der Waals surface area contributed by atoms with Crippen molar-refractivity contribution < 1.29 is 14.0 Å². The fraction of sp³-hybridized carbons (Fsp3) is 0.286. The molecule has 0 fully saturated rings. The zero-order valence-electron chi connectivity index (χ0n) is 10.8. The Morgan fingerprint density at radius 2 is 2.00 bits per heavy atom. The van der Waals surface area contributed by atoms with Crippen LogP contribution >= 0.6 is 0 Å². The lowest BCUT2D eigenvalue weighted by Crippen LogP contribution is -2.37. The highest BCUT2D eigenvalue weighted by molar-refractivity contribution is 6.08. The maximum atomic E-state index is 12.2. The van der Waals surface area contributed by atoms with E-state index in [4.69, 9.17) is 10.2 Å². The quantitative estimate of drug-likeness (QED) is 0.797. The van der Waals surface area contributed by atoms with Crippen LogP contribution in [0, 0.1) is 0 Å². The maximum absolute atomic E-state index is 12.2. The van der Waals surface area contributed by atoms with Gasteiger partial charge in [0.2, 0.25) is 5.91 Å². The molecule has 5 heteroatoms. The molecular weight excluding hydrogens is 244 g/mol. The number of para-hydroxylation sites is 1. The van der Waals surface area contributed by atoms with E-state index in [1.165, 1.54) is 6.26 Å². The van der Waals surface area contributed by atoms with E-state index in [0.29, 0.717) is 17.7 Å². The summed E-state index contributed by atoms with van der Waals surface area (Å²) in [5.41, 5.74) is 6.37. The molecule has 5 nitrogen and oxygen atoms in total. The van der Waals surface area contributed by atoms with Gasteiger partial charge >= 0.3 is 0 Å². The van der Waals surface area contributed by atoms with Gasteiger partial charge in [0.15, 0.2) is 5.78 Å². The van der Waals surface area contributed by atoms with E-state index in [1.807, 2.05) is 31.2 Å². The summed E-state index contributed by atoms with van der Waals surface area (Å²) >= 11 is 0. The number of carbonyl (C=O) groups excluding carboxylic acids is 2. The third-order valence-corrected chi connectivity index (χ3v) is 2.98. The van der Waals surface area contributed by atoms with Crippen LogP contribution in [-0.2, 0) is 4.79 Å². The van der Waals surface area contributed by atoms with Crippen LogP contribution in [0.4, 0.5) is 0 Å². The van der Waals surface area contributed by atoms with E-state index in [2.05, 4.69) is 0 Å². The second-order valence-corrected chi connectivity index (χ2v) is 4.34. The van der Waals surface area contributed by atoms with Crippen LogP contribution in [0.2, 0.25) is 0 Å². The molecule has 1 aromatic heterocycles. The minimum Gasteiger partial charge on any atom is -0.464 e. The summed E-state index contributed by atoms with van der Waals surface area (Å²) in [6.07, 6.45) is 1.46. The third-order valence-electron chi connectivity index (χ3n) is 2.98. The molecule has 0 aliphatic heterocycles. The molecule has 1 aromatic carbocycles. The number of hydrogen-bond acceptors (Lipinski definition) is 4. The topological polar surface area (TPSA) is 76.5 Å². The van der Waals surface area contributed by atoms with Crippen LogP contribution in [0.3, 0.4) is 0 Å². The Labute approximate surface area is 111 Å². The maximum Gasteiger partial charge on any atom is 0.231 e. The summed E-state index contributed by atoms with van der Waals surface area (Å²) in [6, 6.07) is 7.37. The molecule has 0 unspecified atom stereocenters. The highest BCUT2D eigenvalue weighted by atomic mass is 16.3. The molecule has 2 aromatic rings. The molecule has 0 saturated carbocycles. The number of hydrogen-bond donors (Lipinski definition) is 1. The fourth-order valence-electron chi connectivity index (χ4n) is 1.98. The van der Waals surface area contributed by atoms with Crippen LogP contribution in [0.25, 0.3) is 11.0 Å². The number of likely N-dealkylation sites (N-methyl/N-ethyl adjacent to an activating group) is 1. The Bertz CT molecular complexity index is 604. The summed E-state index contributed by atoms with van der Waals surface area (Å²) in [7, 11) is 0. The Hall–Kier alpha value is -2.14. The largest absolute Gasteiger partial charge is 0.464 e. The van der Waals surface area contributed by atoms with Crippen molar-refractivity contribution in [2.45, 2.75) is 6.92 Å². The number of Topliss-reactive ketones (excluding diaryl/α,β-unsaturated/α-hetero) is 1. The molecule has 0 spiro atoms. The first-order valence-electron chi connectivity index (χ1n) is 6.12. The molecule has 2 rings (SSSR count). The molecular formula is C14H16N2O3. The van der Waals surface area contributed by atoms with Crippen molar-refractivity contribution >= 4 is 22.7 Å². The molecule has 1 heterocycles. The van der Waals surface area contributed by atoms with E-state index >= 15 is 0 Å². The normalized spacial score (nSPS) is 11.1. The van der Waals surface area contributed by atoms with Gasteiger partial charge in [-0.15, -0.1) is 0 Å². The summed E-state index contributed by atoms with van der Waals surface area (Å²) in [6.45, 7) is 2.70. The summed E-state index contributed by atoms with van der Waals surface area (Å²) in [5.74, 6) is -0.514. The fourth-order valence-corrected chi connectivity index (χ4v) is 1.98. The second kappa shape index (κ2) is 5.67. The number of benzene rings is 1. The first kappa shape index (κ1) is 13.3. The van der Waals surface area contributed by atoms with Crippen molar-refractivity contribution in [2.75, 3.05) is 19.6 Å². The van der Waals surface area contributed by atoms with Crippen LogP contribution in [0.5, 0.6) is 0 Å². The second-order valence-electron chi connectivity index (χ2n) is 4.34. The number of nitrogens with two attached hydrogens (primary N) is 1. The third kappa shape index (κ3) is 3.00. The first-order chi connectivity index (χ1) is 9.11. The standard InChI is InChI=1S/C14H16N2O3/c1-2-16(8-14(15)18)7-12(17)11-9-19-13-6-4-3-5-10(11)13/h3-6,9H,2,7-8H2,1H3,(H2,15,18). The van der Waals surface area contributed by atoms with Gasteiger partial charge in [-0.2, -0.15) is 0 Å². The van der Waals surface area contributed by atoms with Crippen LogP contribution in [-0.4, -0.2) is 36.2 Å². The van der Waals surface area contributed by atoms with Gasteiger partial charge in [-0.05, 0) is 12.6 Å². The lowest BCUT2D eigenvalue weighted by Gasteiger charge is -2.16. The molecule has 0 saturated heterocycles. The predicted molar refractivity (Wildman–Crippen MR) is 71.9 cm³/mol. The van der Waals surface area contributed by atoms with E-state index in [1.54, 1.807) is 4.90 Å². The van der Waals surface area contributed by atoms with Crippen molar-refractivity contribution in [2.24, 2.45) is 5.73 Å². The molecule has 0 bridgehead atoms. The molecule has 1 amide bonds. The van der Waals surface area contributed by atoms with Gasteiger partial charge in [0.05, 0.1) is 18.7 Å². The zero-order valence-corrected chi connectivity index (χ0v) is 10.8. The Balaban J connectivity index is 2.17. The number of nitrogens with zero attached hydrogens (tertiary/aromatic N) is 1. The number of amides is 1. The minimum atomic E-state index is -0.438. The van der Waals surface area contributed by atoms with E-state index in [-0.39, 0.29) is 18.9 Å². The number of furan rings is 1. The van der Waals surface area contributed by atoms with Gasteiger partial charge in [0.1, 0.15) is 11.8 Å². The monoisotopic (exact) mass is 260 g/mol. The van der Waals surface area contributed by atoms with E-state index in [0.717, 1.165) is 5.39 Å². The van der Waals surface area contributed by atoms with Crippen molar-refractivity contribution in [3.05, 3.63) is 36.1 Å². The van der Waals surface area contributed by atoms with Gasteiger partial charge in [0.25, 0.3) is 0 Å². The highest BCUT2D eigenvalue weighted by Crippen LogP contribution is 2.21. The van der Waals surface area contributed by atoms with Crippen molar-refractivity contribution in [3.8, 4) is 0 Å². The van der Waals surface area contributed by atoms with Crippen molar-refractivity contribution in [1.29, 1.82) is 0 Å². The van der Waals surface area contributed by atoms with Crippen molar-refractivity contribution in [1.82, 2.24) is 4.90 Å². The molecule has 0 radical (unpaired) electrons. The molecule has 0 aliphatic carbocycles. The average molecular weight is 260 g/mol. The van der Waals surface area contributed by atoms with Gasteiger partial charge in [-0.3, -0.25) is 14.5 Å². The number of carbonyl (C=O) groups is 2. The number of ketones is 1. The SMILES string of the molecule is CCN(CC(N)=O)CC(=O)c1coc2ccccc12. The van der Waals surface area contributed by atoms with Crippen LogP contribution in [0.1, 0.15) is 17.3 Å². The number of primary amides is 1. The van der Waals surface area contributed by atoms with Gasteiger partial charge in [-0.25, -0.2) is 0 Å². The summed E-state index contributed by atoms with van der Waals surface area (Å²) < 4.78 is 5.34. The molecule has 19 heavy (non-hydrogen) atoms. The highest BCUT2D eigenvalue weighted by Gasteiger charge is 2.17. The summed E-state index contributed by atoms with van der Waals surface area (Å²) in [5, 5.41) is 0.794. The molecule has 0 aliphatic rings. The van der Waals surface area contributed by atoms with E-state index < -0.39 is 5.91 Å². The first-order valence-corrected chi connectivity index (χ1v) is 6.12. The van der Waals surface area contributed by atoms with Gasteiger partial charge in [0, 0.05) is 5.39 Å². The lowest BCUT2D eigenvalue weighted by atomic mass is 10.1. The Morgan fingerprint density at radius 1 is 1.26 bits per heavy atom. The summed E-state index contributed by atoms with van der Waals surface area (Å²) in [4.78, 5) is 24.8. The molecule has 100 valence electrons.